The molecular formula is C26H27Cl2N3O4. The largest absolute Gasteiger partial charge is 0.481 e. The summed E-state index contributed by atoms with van der Waals surface area (Å²) in [5.74, 6) is -1.47. The third-order valence-electron chi connectivity index (χ3n) is 6.65. The van der Waals surface area contributed by atoms with Gasteiger partial charge in [0.25, 0.3) is 11.8 Å². The molecule has 2 aromatic carbocycles. The number of aliphatic imine (C=N–C) groups is 1. The van der Waals surface area contributed by atoms with E-state index in [0.29, 0.717) is 26.9 Å². The Labute approximate surface area is 214 Å². The molecule has 0 saturated heterocycles. The van der Waals surface area contributed by atoms with Gasteiger partial charge in [0.2, 0.25) is 0 Å². The van der Waals surface area contributed by atoms with E-state index in [4.69, 9.17) is 33.3 Å². The SMILES string of the molecule is CC(c1ccc(C(=O)NCCC(=O)O)cc1)N1C(=O)C(c2cc(Cl)cc(Cl)c2)=NC12CCCCC2. The van der Waals surface area contributed by atoms with Crippen molar-refractivity contribution in [1.82, 2.24) is 10.2 Å². The normalized spacial score (nSPS) is 17.9. The molecule has 0 aromatic heterocycles. The molecule has 1 fully saturated rings. The number of carboxylic acid groups (broad SMARTS) is 1. The number of aliphatic carboxylic acids is 1. The highest BCUT2D eigenvalue weighted by molar-refractivity contribution is 6.47. The highest BCUT2D eigenvalue weighted by Gasteiger charge is 2.49. The van der Waals surface area contributed by atoms with Crippen LogP contribution in [0.15, 0.2) is 47.5 Å². The molecule has 7 nitrogen and oxygen atoms in total. The van der Waals surface area contributed by atoms with E-state index in [0.717, 1.165) is 37.7 Å². The van der Waals surface area contributed by atoms with Crippen LogP contribution < -0.4 is 5.32 Å². The number of halogens is 2. The quantitative estimate of drug-likeness (QED) is 0.525. The van der Waals surface area contributed by atoms with E-state index < -0.39 is 11.6 Å². The van der Waals surface area contributed by atoms with Crippen molar-refractivity contribution in [2.45, 2.75) is 57.2 Å². The Morgan fingerprint density at radius 3 is 2.31 bits per heavy atom. The first-order chi connectivity index (χ1) is 16.7. The van der Waals surface area contributed by atoms with Crippen LogP contribution >= 0.6 is 23.2 Å². The molecule has 1 heterocycles. The molecule has 0 radical (unpaired) electrons. The van der Waals surface area contributed by atoms with Gasteiger partial charge in [0.05, 0.1) is 12.5 Å². The molecule has 1 aliphatic carbocycles. The van der Waals surface area contributed by atoms with E-state index in [1.165, 1.54) is 0 Å². The molecular weight excluding hydrogens is 489 g/mol. The van der Waals surface area contributed by atoms with Crippen molar-refractivity contribution in [3.8, 4) is 0 Å². The van der Waals surface area contributed by atoms with Crippen LogP contribution in [0, 0.1) is 0 Å². The van der Waals surface area contributed by atoms with E-state index in [9.17, 15) is 14.4 Å². The van der Waals surface area contributed by atoms with Crippen molar-refractivity contribution in [2.24, 2.45) is 4.99 Å². The van der Waals surface area contributed by atoms with Gasteiger partial charge in [-0.3, -0.25) is 19.4 Å². The fraction of sp³-hybridized carbons (Fsp3) is 0.385. The van der Waals surface area contributed by atoms with Crippen LogP contribution in [0.25, 0.3) is 0 Å². The summed E-state index contributed by atoms with van der Waals surface area (Å²) in [7, 11) is 0. The van der Waals surface area contributed by atoms with Gasteiger partial charge in [0.1, 0.15) is 11.4 Å². The zero-order chi connectivity index (χ0) is 25.2. The highest BCUT2D eigenvalue weighted by Crippen LogP contribution is 2.44. The number of hydrogen-bond acceptors (Lipinski definition) is 4. The first-order valence-corrected chi connectivity index (χ1v) is 12.5. The molecule has 2 aromatic rings. The number of amides is 2. The monoisotopic (exact) mass is 515 g/mol. The molecule has 4 rings (SSSR count). The van der Waals surface area contributed by atoms with Gasteiger partial charge in [-0.2, -0.15) is 0 Å². The first kappa shape index (κ1) is 25.2. The van der Waals surface area contributed by atoms with Gasteiger partial charge in [-0.25, -0.2) is 0 Å². The lowest BCUT2D eigenvalue weighted by atomic mass is 9.87. The molecule has 2 amide bonds. The van der Waals surface area contributed by atoms with Crippen LogP contribution in [0.1, 0.15) is 73.0 Å². The standard InChI is InChI=1S/C26H27Cl2N3O4/c1-16(17-5-7-18(8-6-17)24(34)29-12-9-22(32)33)31-25(35)23(19-13-20(27)15-21(28)14-19)30-26(31)10-3-2-4-11-26/h5-8,13-16H,2-4,9-12H2,1H3,(H,29,34)(H,32,33). The Morgan fingerprint density at radius 2 is 1.71 bits per heavy atom. The van der Waals surface area contributed by atoms with Gasteiger partial charge in [0, 0.05) is 27.7 Å². The van der Waals surface area contributed by atoms with Crippen LogP contribution in [-0.4, -0.2) is 45.7 Å². The average Bonchev–Trinajstić information content (AvgIpc) is 3.09. The van der Waals surface area contributed by atoms with E-state index in [-0.39, 0.29) is 30.8 Å². The third-order valence-corrected chi connectivity index (χ3v) is 7.08. The lowest BCUT2D eigenvalue weighted by Crippen LogP contribution is -2.49. The Bertz CT molecular complexity index is 1150. The second-order valence-corrected chi connectivity index (χ2v) is 9.91. The summed E-state index contributed by atoms with van der Waals surface area (Å²) >= 11 is 12.4. The van der Waals surface area contributed by atoms with Crippen LogP contribution in [0.2, 0.25) is 10.0 Å². The Balaban J connectivity index is 1.59. The molecule has 2 aliphatic rings. The summed E-state index contributed by atoms with van der Waals surface area (Å²) in [5.41, 5.74) is 1.67. The summed E-state index contributed by atoms with van der Waals surface area (Å²) in [6.45, 7) is 2.03. The van der Waals surface area contributed by atoms with Gasteiger partial charge in [-0.1, -0.05) is 41.8 Å². The smallest absolute Gasteiger partial charge is 0.305 e. The van der Waals surface area contributed by atoms with Gasteiger partial charge in [0.15, 0.2) is 0 Å². The Hall–Kier alpha value is -2.90. The van der Waals surface area contributed by atoms with Crippen molar-refractivity contribution in [3.05, 3.63) is 69.2 Å². The zero-order valence-electron chi connectivity index (χ0n) is 19.4. The lowest BCUT2D eigenvalue weighted by molar-refractivity contribution is -0.137. The van der Waals surface area contributed by atoms with Crippen LogP contribution in [0.5, 0.6) is 0 Å². The molecule has 0 bridgehead atoms. The summed E-state index contributed by atoms with van der Waals surface area (Å²) in [6, 6.07) is 11.8. The van der Waals surface area contributed by atoms with Crippen molar-refractivity contribution < 1.29 is 19.5 Å². The van der Waals surface area contributed by atoms with E-state index in [1.54, 1.807) is 30.3 Å². The van der Waals surface area contributed by atoms with Crippen LogP contribution in [0.4, 0.5) is 0 Å². The van der Waals surface area contributed by atoms with Gasteiger partial charge < -0.3 is 15.3 Å². The summed E-state index contributed by atoms with van der Waals surface area (Å²) < 4.78 is 0. The topological polar surface area (TPSA) is 99.1 Å². The van der Waals surface area contributed by atoms with Crippen LogP contribution in [0.3, 0.4) is 0 Å². The average molecular weight is 516 g/mol. The molecule has 1 spiro atoms. The second-order valence-electron chi connectivity index (χ2n) is 9.03. The highest BCUT2D eigenvalue weighted by atomic mass is 35.5. The van der Waals surface area contributed by atoms with Gasteiger partial charge in [-0.15, -0.1) is 0 Å². The predicted molar refractivity (Wildman–Crippen MR) is 135 cm³/mol. The molecule has 1 atom stereocenters. The van der Waals surface area contributed by atoms with E-state index >= 15 is 0 Å². The fourth-order valence-electron chi connectivity index (χ4n) is 4.95. The number of nitrogens with one attached hydrogen (secondary N) is 1. The number of carbonyl (C=O) groups is 3. The minimum absolute atomic E-state index is 0.0603. The molecule has 1 saturated carbocycles. The van der Waals surface area contributed by atoms with Crippen molar-refractivity contribution in [1.29, 1.82) is 0 Å². The van der Waals surface area contributed by atoms with Gasteiger partial charge >= 0.3 is 5.97 Å². The predicted octanol–water partition coefficient (Wildman–Crippen LogP) is 5.25. The van der Waals surface area contributed by atoms with Gasteiger partial charge in [-0.05, 0) is 68.5 Å². The third kappa shape index (κ3) is 5.36. The maximum absolute atomic E-state index is 13.8. The summed E-state index contributed by atoms with van der Waals surface area (Å²) in [5, 5.41) is 12.2. The summed E-state index contributed by atoms with van der Waals surface area (Å²) in [6.07, 6.45) is 4.51. The van der Waals surface area contributed by atoms with Crippen molar-refractivity contribution in [3.63, 3.8) is 0 Å². The molecule has 35 heavy (non-hydrogen) atoms. The number of hydrogen-bond donors (Lipinski definition) is 2. The number of nitrogens with zero attached hydrogens (tertiary/aromatic N) is 2. The Kier molecular flexibility index (Phi) is 7.47. The van der Waals surface area contributed by atoms with Crippen molar-refractivity contribution in [2.75, 3.05) is 6.54 Å². The number of carbonyl (C=O) groups excluding carboxylic acids is 2. The maximum Gasteiger partial charge on any atom is 0.305 e. The molecule has 184 valence electrons. The Morgan fingerprint density at radius 1 is 1.09 bits per heavy atom. The molecule has 1 unspecified atom stereocenters. The second kappa shape index (κ2) is 10.4. The number of rotatable bonds is 7. The summed E-state index contributed by atoms with van der Waals surface area (Å²) in [4.78, 5) is 43.6. The lowest BCUT2D eigenvalue weighted by Gasteiger charge is -2.42. The molecule has 9 heteroatoms. The van der Waals surface area contributed by atoms with E-state index in [2.05, 4.69) is 5.32 Å². The van der Waals surface area contributed by atoms with Crippen molar-refractivity contribution >= 4 is 46.7 Å². The zero-order valence-corrected chi connectivity index (χ0v) is 20.9. The maximum atomic E-state index is 13.8. The number of carboxylic acids is 1. The molecule has 1 aliphatic heterocycles. The minimum atomic E-state index is -0.969. The number of benzene rings is 2. The molecule has 2 N–H and O–H groups in total. The fourth-order valence-corrected chi connectivity index (χ4v) is 5.47. The first-order valence-electron chi connectivity index (χ1n) is 11.7. The minimum Gasteiger partial charge on any atom is -0.481 e. The van der Waals surface area contributed by atoms with E-state index in [1.807, 2.05) is 24.0 Å². The van der Waals surface area contributed by atoms with Crippen LogP contribution in [-0.2, 0) is 9.59 Å².